The summed E-state index contributed by atoms with van der Waals surface area (Å²) >= 11 is 1.64. The van der Waals surface area contributed by atoms with Gasteiger partial charge in [-0.3, -0.25) is 0 Å². The van der Waals surface area contributed by atoms with E-state index in [1.807, 2.05) is 6.21 Å². The van der Waals surface area contributed by atoms with E-state index in [4.69, 9.17) is 0 Å². The molecule has 0 N–H and O–H groups in total. The maximum Gasteiger partial charge on any atom is 0.0202 e. The summed E-state index contributed by atoms with van der Waals surface area (Å²) in [6.07, 6.45) is 3.12. The van der Waals surface area contributed by atoms with Crippen molar-refractivity contribution in [1.29, 1.82) is 0 Å². The van der Waals surface area contributed by atoms with Crippen molar-refractivity contribution >= 4 is 47.7 Å². The van der Waals surface area contributed by atoms with Gasteiger partial charge in [0, 0.05) is 41.5 Å². The zero-order valence-electron chi connectivity index (χ0n) is 3.85. The van der Waals surface area contributed by atoms with E-state index < -0.39 is 0 Å². The molecule has 3 heteroatoms. The first-order chi connectivity index (χ1) is 2.50. The van der Waals surface area contributed by atoms with Crippen molar-refractivity contribution < 1.29 is 0 Å². The fourth-order valence-corrected chi connectivity index (χ4v) is 0.791. The summed E-state index contributed by atoms with van der Waals surface area (Å²) < 4.78 is 3.88. The maximum atomic E-state index is 3.88. The Kier molecular flexibility index (Phi) is 4.90. The summed E-state index contributed by atoms with van der Waals surface area (Å²) in [5.74, 6) is 1.19. The summed E-state index contributed by atoms with van der Waals surface area (Å²) in [6, 6.07) is 0. The van der Waals surface area contributed by atoms with Gasteiger partial charge in [0.1, 0.15) is 0 Å². The first kappa shape index (κ1) is 7.02. The van der Waals surface area contributed by atoms with E-state index in [2.05, 4.69) is 4.40 Å². The van der Waals surface area contributed by atoms with Crippen LogP contribution in [0.4, 0.5) is 0 Å². The fourth-order valence-electron chi connectivity index (χ4n) is 0.264. The Labute approximate surface area is 64.0 Å². The van der Waals surface area contributed by atoms with Crippen LogP contribution < -0.4 is 0 Å². The number of hydrogen-bond donors (Lipinski definition) is 0. The van der Waals surface area contributed by atoms with E-state index in [0.717, 1.165) is 0 Å². The van der Waals surface area contributed by atoms with Crippen LogP contribution in [-0.2, 0) is 0 Å². The summed E-state index contributed by atoms with van der Waals surface area (Å²) in [6.45, 7) is 0. The van der Waals surface area contributed by atoms with Crippen molar-refractivity contribution in [2.24, 2.45) is 4.40 Å². The Morgan fingerprint density at radius 3 is 2.67 bits per heavy atom. The van der Waals surface area contributed by atoms with E-state index >= 15 is 0 Å². The van der Waals surface area contributed by atoms with Gasteiger partial charge in [-0.15, -0.1) is 0 Å². The van der Waals surface area contributed by atoms with Crippen LogP contribution >= 0.6 is 11.9 Å². The average molecular weight is 110 g/mol. The zero-order valence-corrected chi connectivity index (χ0v) is 6.66. The van der Waals surface area contributed by atoms with Crippen LogP contribution in [0, 0.1) is 0 Å². The van der Waals surface area contributed by atoms with E-state index in [9.17, 15) is 0 Å². The first-order valence-corrected chi connectivity index (χ1v) is 2.58. The third kappa shape index (κ3) is 2.24. The fraction of sp³-hybridized carbons (Fsp3) is 0.667. The molecule has 1 heterocycles. The zero-order chi connectivity index (χ0) is 3.54. The predicted octanol–water partition coefficient (Wildman–Crippen LogP) is 0.728. The van der Waals surface area contributed by atoms with E-state index in [1.165, 1.54) is 12.2 Å². The largest absolute Gasteiger partial charge is 0.229 e. The molecule has 0 aromatic heterocycles. The molecule has 0 amide bonds. The van der Waals surface area contributed by atoms with E-state index in [0.29, 0.717) is 0 Å². The van der Waals surface area contributed by atoms with Crippen LogP contribution in [0.2, 0.25) is 0 Å². The third-order valence-electron chi connectivity index (χ3n) is 0.487. The molecule has 0 spiro atoms. The molecule has 1 aliphatic heterocycles. The molecule has 6 heavy (non-hydrogen) atoms. The van der Waals surface area contributed by atoms with Gasteiger partial charge in [0.25, 0.3) is 0 Å². The van der Waals surface area contributed by atoms with Gasteiger partial charge in [-0.25, -0.2) is 4.40 Å². The summed E-state index contributed by atoms with van der Waals surface area (Å²) in [5.41, 5.74) is 0. The summed E-state index contributed by atoms with van der Waals surface area (Å²) in [5, 5.41) is 0. The molecule has 1 aliphatic rings. The Morgan fingerprint density at radius 2 is 2.50 bits per heavy atom. The smallest absolute Gasteiger partial charge is 0.0202 e. The number of nitrogens with zero attached hydrogens (tertiary/aromatic N) is 1. The van der Waals surface area contributed by atoms with Gasteiger partial charge in [0.05, 0.1) is 0 Å². The van der Waals surface area contributed by atoms with Gasteiger partial charge in [-0.1, -0.05) is 0 Å². The summed E-state index contributed by atoms with van der Waals surface area (Å²) in [4.78, 5) is 0. The van der Waals surface area contributed by atoms with E-state index in [1.54, 1.807) is 11.9 Å². The minimum absolute atomic E-state index is 0. The Balaban J connectivity index is 0.000000250. The van der Waals surface area contributed by atoms with Crippen molar-refractivity contribution in [3.63, 3.8) is 0 Å². The molecular weight excluding hydrogens is 105 g/mol. The quantitative estimate of drug-likeness (QED) is 0.331. The van der Waals surface area contributed by atoms with Crippen molar-refractivity contribution in [3.05, 3.63) is 0 Å². The van der Waals surface area contributed by atoms with Crippen molar-refractivity contribution in [2.45, 2.75) is 6.42 Å². The maximum absolute atomic E-state index is 3.88. The van der Waals surface area contributed by atoms with Gasteiger partial charge in [0.2, 0.25) is 0 Å². The Bertz CT molecular complexity index is 48.8. The van der Waals surface area contributed by atoms with Gasteiger partial charge in [-0.2, -0.15) is 0 Å². The molecule has 1 nitrogen and oxygen atoms in total. The standard InChI is InChI=1S/C3H5NS.Na/c1-2-4-5-3-1;/h2H,1,3H2;. The van der Waals surface area contributed by atoms with Gasteiger partial charge in [-0.05, 0) is 18.4 Å². The molecular formula is C3H5NNaS. The predicted molar refractivity (Wildman–Crippen MR) is 31.3 cm³/mol. The monoisotopic (exact) mass is 110 g/mol. The SMILES string of the molecule is C1=NSCC1.[Na]. The molecule has 0 aromatic carbocycles. The van der Waals surface area contributed by atoms with Crippen LogP contribution in [0.1, 0.15) is 6.42 Å². The molecule has 0 saturated carbocycles. The van der Waals surface area contributed by atoms with Gasteiger partial charge >= 0.3 is 0 Å². The van der Waals surface area contributed by atoms with Crippen LogP contribution in [0.25, 0.3) is 0 Å². The molecule has 29 valence electrons. The van der Waals surface area contributed by atoms with Gasteiger partial charge < -0.3 is 0 Å². The molecule has 0 aromatic rings. The minimum atomic E-state index is 0. The molecule has 0 saturated heterocycles. The molecule has 0 bridgehead atoms. The minimum Gasteiger partial charge on any atom is -0.229 e. The molecule has 0 fully saturated rings. The normalized spacial score (nSPS) is 17.3. The molecule has 1 rings (SSSR count). The Morgan fingerprint density at radius 1 is 1.67 bits per heavy atom. The number of rotatable bonds is 0. The van der Waals surface area contributed by atoms with Crippen molar-refractivity contribution in [3.8, 4) is 0 Å². The van der Waals surface area contributed by atoms with Crippen LogP contribution in [0.5, 0.6) is 0 Å². The van der Waals surface area contributed by atoms with Gasteiger partial charge in [0.15, 0.2) is 0 Å². The average Bonchev–Trinajstić information content (AvgIpc) is 1.76. The third-order valence-corrected chi connectivity index (χ3v) is 1.20. The topological polar surface area (TPSA) is 12.4 Å². The second-order valence-corrected chi connectivity index (χ2v) is 1.79. The second kappa shape index (κ2) is 4.19. The van der Waals surface area contributed by atoms with Crippen molar-refractivity contribution in [2.75, 3.05) is 5.75 Å². The van der Waals surface area contributed by atoms with E-state index in [-0.39, 0.29) is 29.6 Å². The molecule has 0 unspecified atom stereocenters. The molecule has 0 aliphatic carbocycles. The van der Waals surface area contributed by atoms with Crippen LogP contribution in [0.15, 0.2) is 4.40 Å². The molecule has 1 radical (unpaired) electrons. The van der Waals surface area contributed by atoms with Crippen LogP contribution in [0.3, 0.4) is 0 Å². The first-order valence-electron chi connectivity index (χ1n) is 1.64. The number of hydrogen-bond acceptors (Lipinski definition) is 2. The molecule has 0 atom stereocenters. The van der Waals surface area contributed by atoms with Crippen molar-refractivity contribution in [1.82, 2.24) is 0 Å². The Hall–Kier alpha value is 1.02. The van der Waals surface area contributed by atoms with Crippen LogP contribution in [-0.4, -0.2) is 41.5 Å². The summed E-state index contributed by atoms with van der Waals surface area (Å²) in [7, 11) is 0. The second-order valence-electron chi connectivity index (χ2n) is 0.910.